The maximum Gasteiger partial charge on any atom is 0.188 e. The quantitative estimate of drug-likeness (QED) is 0.345. The number of fused-ring (bicyclic) bond motifs is 2. The Morgan fingerprint density at radius 3 is 2.67 bits per heavy atom. The maximum absolute atomic E-state index is 8.58. The first-order valence-corrected chi connectivity index (χ1v) is 6.10. The Morgan fingerprint density at radius 1 is 1.39 bits per heavy atom. The number of ether oxygens (including phenoxy) is 1. The van der Waals surface area contributed by atoms with Crippen LogP contribution in [0.2, 0.25) is 0 Å². The van der Waals surface area contributed by atoms with Crippen LogP contribution in [-0.2, 0) is 4.74 Å². The van der Waals surface area contributed by atoms with Gasteiger partial charge in [-0.3, -0.25) is 4.98 Å². The van der Waals surface area contributed by atoms with Crippen molar-refractivity contribution in [1.29, 1.82) is 0 Å². The van der Waals surface area contributed by atoms with Crippen LogP contribution in [0.3, 0.4) is 0 Å². The zero-order valence-electron chi connectivity index (χ0n) is 9.99. The minimum atomic E-state index is 0.0311. The van der Waals surface area contributed by atoms with E-state index >= 15 is 0 Å². The Balaban J connectivity index is 1.77. The van der Waals surface area contributed by atoms with Crippen molar-refractivity contribution in [2.45, 2.75) is 25.0 Å². The molecule has 2 unspecified atom stereocenters. The van der Waals surface area contributed by atoms with Crippen LogP contribution in [0.5, 0.6) is 0 Å². The lowest BCUT2D eigenvalue weighted by molar-refractivity contribution is 0.0305. The number of rotatable bonds is 2. The van der Waals surface area contributed by atoms with E-state index in [2.05, 4.69) is 15.0 Å². The third kappa shape index (κ3) is 1.99. The van der Waals surface area contributed by atoms with Crippen LogP contribution in [0.25, 0.3) is 0 Å². The van der Waals surface area contributed by atoms with Gasteiger partial charge in [0.1, 0.15) is 5.69 Å². The van der Waals surface area contributed by atoms with Gasteiger partial charge in [0, 0.05) is 13.1 Å². The number of pyridine rings is 1. The molecular formula is C12H16N4O2. The lowest BCUT2D eigenvalue weighted by Gasteiger charge is -2.33. The van der Waals surface area contributed by atoms with Crippen molar-refractivity contribution in [3.63, 3.8) is 0 Å². The standard InChI is InChI=1S/C12H16N4O2/c13-12(15-17)11-4-1-8(5-14-11)16-6-9-2-3-10(7-16)18-9/h1,4-5,9-10,17H,2-3,6-7H2,(H2,13,15). The van der Waals surface area contributed by atoms with Gasteiger partial charge >= 0.3 is 0 Å². The summed E-state index contributed by atoms with van der Waals surface area (Å²) in [6.07, 6.45) is 4.77. The fraction of sp³-hybridized carbons (Fsp3) is 0.500. The molecule has 2 saturated heterocycles. The second-order valence-corrected chi connectivity index (χ2v) is 4.75. The molecule has 2 aliphatic heterocycles. The van der Waals surface area contributed by atoms with Crippen LogP contribution in [0, 0.1) is 0 Å². The van der Waals surface area contributed by atoms with Crippen molar-refractivity contribution in [2.75, 3.05) is 18.0 Å². The molecule has 3 heterocycles. The molecule has 18 heavy (non-hydrogen) atoms. The van der Waals surface area contributed by atoms with E-state index in [0.29, 0.717) is 17.9 Å². The highest BCUT2D eigenvalue weighted by molar-refractivity contribution is 5.95. The van der Waals surface area contributed by atoms with Crippen LogP contribution in [0.4, 0.5) is 5.69 Å². The fourth-order valence-electron chi connectivity index (χ4n) is 2.60. The molecule has 6 heteroatoms. The minimum absolute atomic E-state index is 0.0311. The van der Waals surface area contributed by atoms with E-state index < -0.39 is 0 Å². The molecule has 0 saturated carbocycles. The third-order valence-corrected chi connectivity index (χ3v) is 3.53. The average molecular weight is 248 g/mol. The lowest BCUT2D eigenvalue weighted by atomic mass is 10.2. The Hall–Kier alpha value is -1.82. The topological polar surface area (TPSA) is 84.0 Å². The van der Waals surface area contributed by atoms with Gasteiger partial charge in [0.15, 0.2) is 5.84 Å². The lowest BCUT2D eigenvalue weighted by Crippen LogP contribution is -2.42. The van der Waals surface area contributed by atoms with Gasteiger partial charge < -0.3 is 20.6 Å². The molecule has 6 nitrogen and oxygen atoms in total. The van der Waals surface area contributed by atoms with Gasteiger partial charge in [-0.15, -0.1) is 0 Å². The van der Waals surface area contributed by atoms with E-state index in [9.17, 15) is 0 Å². The second-order valence-electron chi connectivity index (χ2n) is 4.75. The Labute approximate surface area is 105 Å². The molecule has 2 fully saturated rings. The summed E-state index contributed by atoms with van der Waals surface area (Å²) in [4.78, 5) is 6.48. The highest BCUT2D eigenvalue weighted by atomic mass is 16.5. The summed E-state index contributed by atoms with van der Waals surface area (Å²) in [6.45, 7) is 1.84. The first kappa shape index (κ1) is 11.3. The average Bonchev–Trinajstić information content (AvgIpc) is 2.77. The van der Waals surface area contributed by atoms with Gasteiger partial charge in [0.25, 0.3) is 0 Å². The Kier molecular flexibility index (Phi) is 2.79. The highest BCUT2D eigenvalue weighted by Crippen LogP contribution is 2.29. The van der Waals surface area contributed by atoms with Gasteiger partial charge in [-0.05, 0) is 25.0 Å². The summed E-state index contributed by atoms with van der Waals surface area (Å²) in [5.74, 6) is 0.0311. The number of nitrogens with zero attached hydrogens (tertiary/aromatic N) is 3. The highest BCUT2D eigenvalue weighted by Gasteiger charge is 2.33. The first-order valence-electron chi connectivity index (χ1n) is 6.10. The molecule has 3 N–H and O–H groups in total. The first-order chi connectivity index (χ1) is 8.76. The molecule has 2 bridgehead atoms. The van der Waals surface area contributed by atoms with Crippen LogP contribution < -0.4 is 10.6 Å². The van der Waals surface area contributed by atoms with Gasteiger partial charge in [-0.1, -0.05) is 5.16 Å². The molecule has 3 rings (SSSR count). The van der Waals surface area contributed by atoms with Crippen LogP contribution >= 0.6 is 0 Å². The smallest absolute Gasteiger partial charge is 0.188 e. The molecule has 0 radical (unpaired) electrons. The number of hydrogen-bond acceptors (Lipinski definition) is 5. The number of amidine groups is 1. The summed E-state index contributed by atoms with van der Waals surface area (Å²) >= 11 is 0. The van der Waals surface area contributed by atoms with E-state index in [1.165, 1.54) is 0 Å². The summed E-state index contributed by atoms with van der Waals surface area (Å²) in [7, 11) is 0. The van der Waals surface area contributed by atoms with E-state index in [1.54, 1.807) is 12.3 Å². The van der Waals surface area contributed by atoms with Crippen molar-refractivity contribution in [3.05, 3.63) is 24.0 Å². The number of aromatic nitrogens is 1. The van der Waals surface area contributed by atoms with Crippen molar-refractivity contribution in [3.8, 4) is 0 Å². The molecule has 1 aromatic heterocycles. The number of hydrogen-bond donors (Lipinski definition) is 2. The minimum Gasteiger partial charge on any atom is -0.409 e. The number of anilines is 1. The van der Waals surface area contributed by atoms with Crippen molar-refractivity contribution < 1.29 is 9.94 Å². The van der Waals surface area contributed by atoms with Crippen LogP contribution in [0.1, 0.15) is 18.5 Å². The zero-order valence-corrected chi connectivity index (χ0v) is 9.99. The van der Waals surface area contributed by atoms with Gasteiger partial charge in [-0.25, -0.2) is 0 Å². The van der Waals surface area contributed by atoms with E-state index in [0.717, 1.165) is 31.6 Å². The Bertz CT molecular complexity index is 448. The van der Waals surface area contributed by atoms with Gasteiger partial charge in [0.05, 0.1) is 24.1 Å². The number of oxime groups is 1. The third-order valence-electron chi connectivity index (χ3n) is 3.53. The monoisotopic (exact) mass is 248 g/mol. The predicted molar refractivity (Wildman–Crippen MR) is 66.9 cm³/mol. The molecule has 1 aromatic rings. The molecule has 0 aromatic carbocycles. The summed E-state index contributed by atoms with van der Waals surface area (Å²) in [5.41, 5.74) is 7.02. The molecule has 0 amide bonds. The molecule has 0 spiro atoms. The maximum atomic E-state index is 8.58. The molecular weight excluding hydrogens is 232 g/mol. The predicted octanol–water partition coefficient (Wildman–Crippen LogP) is 0.544. The van der Waals surface area contributed by atoms with Crippen molar-refractivity contribution in [2.24, 2.45) is 10.9 Å². The van der Waals surface area contributed by atoms with E-state index in [-0.39, 0.29) is 5.84 Å². The van der Waals surface area contributed by atoms with E-state index in [1.807, 2.05) is 6.07 Å². The summed E-state index contributed by atoms with van der Waals surface area (Å²) < 4.78 is 5.79. The SMILES string of the molecule is N/C(=N/O)c1ccc(N2CC3CCC(C2)O3)cn1. The number of nitrogens with two attached hydrogens (primary N) is 1. The Morgan fingerprint density at radius 2 is 2.11 bits per heavy atom. The normalized spacial score (nSPS) is 27.6. The largest absolute Gasteiger partial charge is 0.409 e. The number of morpholine rings is 1. The molecule has 0 aliphatic carbocycles. The zero-order chi connectivity index (χ0) is 12.5. The fourth-order valence-corrected chi connectivity index (χ4v) is 2.60. The van der Waals surface area contributed by atoms with Gasteiger partial charge in [0.2, 0.25) is 0 Å². The van der Waals surface area contributed by atoms with Crippen LogP contribution in [0.15, 0.2) is 23.5 Å². The van der Waals surface area contributed by atoms with Crippen molar-refractivity contribution >= 4 is 11.5 Å². The van der Waals surface area contributed by atoms with Gasteiger partial charge in [-0.2, -0.15) is 0 Å². The molecule has 2 atom stereocenters. The second kappa shape index (κ2) is 4.45. The van der Waals surface area contributed by atoms with Crippen LogP contribution in [-0.4, -0.2) is 41.3 Å². The van der Waals surface area contributed by atoms with Crippen molar-refractivity contribution in [1.82, 2.24) is 4.98 Å². The summed E-state index contributed by atoms with van der Waals surface area (Å²) in [5, 5.41) is 11.5. The molecule has 2 aliphatic rings. The van der Waals surface area contributed by atoms with E-state index in [4.69, 9.17) is 15.7 Å². The molecule has 96 valence electrons. The summed E-state index contributed by atoms with van der Waals surface area (Å²) in [6, 6.07) is 3.72.